The summed E-state index contributed by atoms with van der Waals surface area (Å²) in [5.41, 5.74) is 2.68. The highest BCUT2D eigenvalue weighted by Crippen LogP contribution is 2.30. The molecule has 0 radical (unpaired) electrons. The molecule has 0 fully saturated rings. The highest BCUT2D eigenvalue weighted by atomic mass is 35.5. The summed E-state index contributed by atoms with van der Waals surface area (Å²) in [6, 6.07) is 19.2. The van der Waals surface area contributed by atoms with Crippen molar-refractivity contribution < 1.29 is 9.00 Å². The minimum absolute atomic E-state index is 0.188. The first-order valence-corrected chi connectivity index (χ1v) is 13.3. The zero-order chi connectivity index (χ0) is 25.0. The van der Waals surface area contributed by atoms with Crippen molar-refractivity contribution in [3.8, 4) is 11.3 Å². The quantitative estimate of drug-likeness (QED) is 0.285. The van der Waals surface area contributed by atoms with Crippen molar-refractivity contribution >= 4 is 50.4 Å². The smallest absolute Gasteiger partial charge is 0.257 e. The number of rotatable bonds is 8. The van der Waals surface area contributed by atoms with Crippen LogP contribution in [0.3, 0.4) is 0 Å². The molecule has 10 heteroatoms. The lowest BCUT2D eigenvalue weighted by atomic mass is 10.1. The van der Waals surface area contributed by atoms with E-state index in [4.69, 9.17) is 28.0 Å². The molecule has 0 spiro atoms. The van der Waals surface area contributed by atoms with E-state index in [0.29, 0.717) is 40.7 Å². The van der Waals surface area contributed by atoms with E-state index in [1.54, 1.807) is 42.6 Å². The summed E-state index contributed by atoms with van der Waals surface area (Å²) in [6.45, 7) is 0.891. The zero-order valence-electron chi connectivity index (χ0n) is 18.8. The molecule has 0 bridgehead atoms. The minimum atomic E-state index is -3.06. The van der Waals surface area contributed by atoms with Crippen molar-refractivity contribution in [3.63, 3.8) is 0 Å². The summed E-state index contributed by atoms with van der Waals surface area (Å²) >= 11 is 12.8. The molecule has 0 saturated carbocycles. The zero-order valence-corrected chi connectivity index (χ0v) is 21.1. The van der Waals surface area contributed by atoms with Gasteiger partial charge in [-0.2, -0.15) is 0 Å². The first-order valence-electron chi connectivity index (χ1n) is 10.7. The van der Waals surface area contributed by atoms with E-state index in [0.717, 1.165) is 0 Å². The third-order valence-electron chi connectivity index (χ3n) is 5.30. The maximum Gasteiger partial charge on any atom is 0.257 e. The molecule has 0 saturated heterocycles. The van der Waals surface area contributed by atoms with Crippen LogP contribution in [0.15, 0.2) is 85.3 Å². The number of benzene rings is 2. The average molecular weight is 528 g/mol. The van der Waals surface area contributed by atoms with Crippen LogP contribution < -0.4 is 9.62 Å². The highest BCUT2D eigenvalue weighted by molar-refractivity contribution is 7.93. The highest BCUT2D eigenvalue weighted by Gasteiger charge is 2.18. The molecule has 2 heterocycles. The molecular formula is C25H23Cl2N5O2S. The molecule has 4 aromatic rings. The van der Waals surface area contributed by atoms with Gasteiger partial charge in [0.2, 0.25) is 0 Å². The molecule has 2 aromatic heterocycles. The number of amides is 1. The van der Waals surface area contributed by atoms with E-state index in [2.05, 4.69) is 10.3 Å². The van der Waals surface area contributed by atoms with Gasteiger partial charge in [-0.1, -0.05) is 29.3 Å². The maximum absolute atomic E-state index is 13.0. The molecule has 4 rings (SSSR count). The number of hydrogen-bond donors (Lipinski definition) is 2. The van der Waals surface area contributed by atoms with Crippen molar-refractivity contribution in [2.75, 3.05) is 22.4 Å². The summed E-state index contributed by atoms with van der Waals surface area (Å²) in [4.78, 5) is 17.3. The van der Waals surface area contributed by atoms with Crippen molar-refractivity contribution in [2.45, 2.75) is 6.54 Å². The fourth-order valence-electron chi connectivity index (χ4n) is 3.59. The summed E-state index contributed by atoms with van der Waals surface area (Å²) in [5, 5.41) is 3.54. The van der Waals surface area contributed by atoms with Crippen LogP contribution in [0.5, 0.6) is 0 Å². The summed E-state index contributed by atoms with van der Waals surface area (Å²) in [5.74, 6) is -0.405. The van der Waals surface area contributed by atoms with Crippen LogP contribution in [-0.4, -0.2) is 32.5 Å². The molecule has 1 unspecified atom stereocenters. The van der Waals surface area contributed by atoms with Gasteiger partial charge in [0.25, 0.3) is 5.91 Å². The predicted molar refractivity (Wildman–Crippen MR) is 143 cm³/mol. The number of carbonyl (C=O) groups excluding carboxylic acids is 1. The fourth-order valence-corrected chi connectivity index (χ4v) is 5.01. The van der Waals surface area contributed by atoms with Gasteiger partial charge in [-0.05, 0) is 60.7 Å². The lowest BCUT2D eigenvalue weighted by molar-refractivity contribution is 0.102. The largest absolute Gasteiger partial charge is 0.352 e. The van der Waals surface area contributed by atoms with Crippen LogP contribution in [0, 0.1) is 4.78 Å². The van der Waals surface area contributed by atoms with E-state index in [-0.39, 0.29) is 10.6 Å². The molecule has 1 amide bonds. The minimum Gasteiger partial charge on any atom is -0.352 e. The number of carbonyl (C=O) groups is 1. The number of anilines is 2. The molecule has 2 aromatic carbocycles. The maximum atomic E-state index is 13.0. The topological polar surface area (TPSA) is 91.1 Å². The molecule has 180 valence electrons. The number of aromatic nitrogens is 2. The Bertz CT molecular complexity index is 1440. The number of nitrogens with one attached hydrogen (secondary N) is 2. The van der Waals surface area contributed by atoms with E-state index in [9.17, 15) is 9.00 Å². The van der Waals surface area contributed by atoms with Gasteiger partial charge in [0.05, 0.1) is 33.5 Å². The Hall–Kier alpha value is -3.33. The molecular weight excluding hydrogens is 505 g/mol. The third-order valence-corrected chi connectivity index (χ3v) is 7.18. The number of halogens is 2. The third kappa shape index (κ3) is 6.03. The Balaban J connectivity index is 1.54. The van der Waals surface area contributed by atoms with Gasteiger partial charge in [-0.25, -0.2) is 8.99 Å². The Morgan fingerprint density at radius 3 is 2.49 bits per heavy atom. The van der Waals surface area contributed by atoms with Gasteiger partial charge >= 0.3 is 0 Å². The van der Waals surface area contributed by atoms with E-state index < -0.39 is 15.8 Å². The Morgan fingerprint density at radius 1 is 1.06 bits per heavy atom. The molecule has 7 nitrogen and oxygen atoms in total. The lowest BCUT2D eigenvalue weighted by Crippen LogP contribution is -2.32. The van der Waals surface area contributed by atoms with Gasteiger partial charge in [-0.15, -0.1) is 0 Å². The molecule has 0 aliphatic rings. The predicted octanol–water partition coefficient (Wildman–Crippen LogP) is 6.21. The van der Waals surface area contributed by atoms with E-state index >= 15 is 0 Å². The summed E-state index contributed by atoms with van der Waals surface area (Å²) < 4.78 is 24.2. The SMILES string of the molecule is CS(=N)(=O)N(CCn1cccc1)c1ccc(C(=O)Nc2ccc(Cl)c(-c3ccccn3)c2)c(Cl)c1. The summed E-state index contributed by atoms with van der Waals surface area (Å²) in [6.07, 6.45) is 6.83. The second kappa shape index (κ2) is 10.5. The normalized spacial score (nSPS) is 12.7. The van der Waals surface area contributed by atoms with Crippen LogP contribution in [-0.2, 0) is 16.5 Å². The first kappa shape index (κ1) is 24.8. The van der Waals surface area contributed by atoms with Crippen molar-refractivity contribution in [1.82, 2.24) is 9.55 Å². The summed E-state index contributed by atoms with van der Waals surface area (Å²) in [7, 11) is -3.06. The first-order chi connectivity index (χ1) is 16.7. The Kier molecular flexibility index (Phi) is 7.45. The van der Waals surface area contributed by atoms with Crippen molar-refractivity contribution in [1.29, 1.82) is 4.78 Å². The van der Waals surface area contributed by atoms with Gasteiger partial charge in [-0.3, -0.25) is 14.1 Å². The average Bonchev–Trinajstić information content (AvgIpc) is 3.34. The number of nitrogens with zero attached hydrogens (tertiary/aromatic N) is 3. The van der Waals surface area contributed by atoms with Crippen molar-refractivity contribution in [3.05, 3.63) is 101 Å². The Morgan fingerprint density at radius 2 is 1.83 bits per heavy atom. The van der Waals surface area contributed by atoms with Gasteiger partial charge < -0.3 is 9.88 Å². The molecule has 0 aliphatic heterocycles. The molecule has 1 atom stereocenters. The Labute approximate surface area is 214 Å². The van der Waals surface area contributed by atoms with Crippen LogP contribution in [0.25, 0.3) is 11.3 Å². The van der Waals surface area contributed by atoms with Gasteiger partial charge in [0.1, 0.15) is 9.92 Å². The van der Waals surface area contributed by atoms with Crippen LogP contribution in [0.4, 0.5) is 11.4 Å². The molecule has 0 aliphatic carbocycles. The van der Waals surface area contributed by atoms with Crippen LogP contribution in [0.1, 0.15) is 10.4 Å². The van der Waals surface area contributed by atoms with Crippen molar-refractivity contribution in [2.24, 2.45) is 0 Å². The number of pyridine rings is 1. The standard InChI is InChI=1S/C25H23Cl2N5O2S/c1-35(28,34)32(15-14-31-12-4-5-13-31)19-8-9-20(23(27)17-19)25(33)30-18-7-10-22(26)21(16-18)24-6-2-3-11-29-24/h2-13,16-17,28H,14-15H2,1H3,(H,30,33). The van der Waals surface area contributed by atoms with Crippen LogP contribution in [0.2, 0.25) is 10.0 Å². The van der Waals surface area contributed by atoms with Crippen LogP contribution >= 0.6 is 23.2 Å². The fraction of sp³-hybridized carbons (Fsp3) is 0.120. The lowest BCUT2D eigenvalue weighted by Gasteiger charge is -2.25. The molecule has 35 heavy (non-hydrogen) atoms. The monoisotopic (exact) mass is 527 g/mol. The van der Waals surface area contributed by atoms with E-state index in [1.165, 1.54) is 10.6 Å². The van der Waals surface area contributed by atoms with E-state index in [1.807, 2.05) is 47.3 Å². The number of hydrogen-bond acceptors (Lipinski definition) is 4. The van der Waals surface area contributed by atoms with Gasteiger partial charge in [0.15, 0.2) is 0 Å². The molecule has 2 N–H and O–H groups in total. The second-order valence-electron chi connectivity index (χ2n) is 7.85. The van der Waals surface area contributed by atoms with Gasteiger partial charge in [0, 0.05) is 42.6 Å². The second-order valence-corrected chi connectivity index (χ2v) is 10.7.